The van der Waals surface area contributed by atoms with Gasteiger partial charge in [0.25, 0.3) is 0 Å². The van der Waals surface area contributed by atoms with E-state index in [0.29, 0.717) is 25.4 Å². The summed E-state index contributed by atoms with van der Waals surface area (Å²) >= 11 is 0. The third-order valence-corrected chi connectivity index (χ3v) is 4.12. The summed E-state index contributed by atoms with van der Waals surface area (Å²) in [4.78, 5) is 23.0. The maximum absolute atomic E-state index is 11.9. The second-order valence-corrected chi connectivity index (χ2v) is 6.00. The molecule has 0 aromatic rings. The second-order valence-electron chi connectivity index (χ2n) is 6.00. The fourth-order valence-corrected chi connectivity index (χ4v) is 2.76. The molecule has 1 unspecified atom stereocenters. The highest BCUT2D eigenvalue weighted by Gasteiger charge is 2.33. The molecule has 2 atom stereocenters. The molecule has 2 fully saturated rings. The Hall–Kier alpha value is -0.810. The molecule has 2 aliphatic rings. The highest BCUT2D eigenvalue weighted by atomic mass is 35.5. The summed E-state index contributed by atoms with van der Waals surface area (Å²) in [5, 5.41) is 9.11. The lowest BCUT2D eigenvalue weighted by Gasteiger charge is -2.39. The molecule has 2 saturated heterocycles. The van der Waals surface area contributed by atoms with Gasteiger partial charge in [0.15, 0.2) is 0 Å². The van der Waals surface area contributed by atoms with E-state index in [-0.39, 0.29) is 35.7 Å². The van der Waals surface area contributed by atoms with Crippen LogP contribution in [0.3, 0.4) is 0 Å². The molecule has 0 aliphatic carbocycles. The monoisotopic (exact) mass is 289 g/mol. The molecule has 5 nitrogen and oxygen atoms in total. The molecule has 2 rings (SSSR count). The lowest BCUT2D eigenvalue weighted by atomic mass is 9.77. The maximum atomic E-state index is 11.9. The first kappa shape index (κ1) is 16.2. The Labute approximate surface area is 120 Å². The summed E-state index contributed by atoms with van der Waals surface area (Å²) in [5.74, 6) is -0.0738. The minimum atomic E-state index is -0.329. The van der Waals surface area contributed by atoms with E-state index in [0.717, 1.165) is 6.54 Å². The van der Waals surface area contributed by atoms with E-state index in [1.54, 1.807) is 0 Å². The van der Waals surface area contributed by atoms with Gasteiger partial charge in [-0.1, -0.05) is 13.8 Å². The molecule has 110 valence electrons. The van der Waals surface area contributed by atoms with E-state index in [4.69, 9.17) is 0 Å². The molecule has 2 heterocycles. The molecule has 0 aromatic heterocycles. The molecular formula is C13H24ClN3O2. The van der Waals surface area contributed by atoms with Gasteiger partial charge in [0.1, 0.15) is 6.04 Å². The highest BCUT2D eigenvalue weighted by Crippen LogP contribution is 2.29. The minimum absolute atomic E-state index is 0. The van der Waals surface area contributed by atoms with Crippen molar-refractivity contribution in [1.82, 2.24) is 16.0 Å². The van der Waals surface area contributed by atoms with Crippen molar-refractivity contribution in [1.29, 1.82) is 0 Å². The minimum Gasteiger partial charge on any atom is -0.353 e. The zero-order valence-corrected chi connectivity index (χ0v) is 12.4. The Morgan fingerprint density at radius 3 is 2.79 bits per heavy atom. The first-order valence-corrected chi connectivity index (χ1v) is 6.79. The SMILES string of the molecule is CC1(C)CCCNC1CNC(=O)[C@H]1CCC(=O)N1.Cl. The number of hydrogen-bond donors (Lipinski definition) is 3. The molecule has 2 aliphatic heterocycles. The van der Waals surface area contributed by atoms with E-state index < -0.39 is 0 Å². The van der Waals surface area contributed by atoms with Crippen molar-refractivity contribution in [2.45, 2.75) is 51.6 Å². The predicted octanol–water partition coefficient (Wildman–Crippen LogP) is 0.581. The molecule has 2 amide bonds. The van der Waals surface area contributed by atoms with Crippen molar-refractivity contribution >= 4 is 24.2 Å². The lowest BCUT2D eigenvalue weighted by Crippen LogP contribution is -2.54. The van der Waals surface area contributed by atoms with Gasteiger partial charge >= 0.3 is 0 Å². The van der Waals surface area contributed by atoms with Crippen LogP contribution in [0.2, 0.25) is 0 Å². The van der Waals surface area contributed by atoms with Crippen molar-refractivity contribution < 1.29 is 9.59 Å². The van der Waals surface area contributed by atoms with Gasteiger partial charge in [-0.15, -0.1) is 12.4 Å². The Morgan fingerprint density at radius 1 is 1.47 bits per heavy atom. The summed E-state index contributed by atoms with van der Waals surface area (Å²) in [6.45, 7) is 6.11. The van der Waals surface area contributed by atoms with Gasteiger partial charge in [0.2, 0.25) is 11.8 Å². The van der Waals surface area contributed by atoms with Gasteiger partial charge in [-0.05, 0) is 31.2 Å². The highest BCUT2D eigenvalue weighted by molar-refractivity contribution is 5.90. The Balaban J connectivity index is 0.00000180. The van der Waals surface area contributed by atoms with Crippen LogP contribution in [0.15, 0.2) is 0 Å². The van der Waals surface area contributed by atoms with Gasteiger partial charge in [0, 0.05) is 19.0 Å². The molecule has 0 saturated carbocycles. The van der Waals surface area contributed by atoms with Crippen molar-refractivity contribution in [2.24, 2.45) is 5.41 Å². The smallest absolute Gasteiger partial charge is 0.242 e. The molecule has 0 aromatic carbocycles. The first-order chi connectivity index (χ1) is 8.49. The van der Waals surface area contributed by atoms with Crippen LogP contribution < -0.4 is 16.0 Å². The zero-order chi connectivity index (χ0) is 13.2. The Kier molecular flexibility index (Phi) is 5.62. The van der Waals surface area contributed by atoms with E-state index >= 15 is 0 Å². The van der Waals surface area contributed by atoms with Gasteiger partial charge in [-0.25, -0.2) is 0 Å². The quantitative estimate of drug-likeness (QED) is 0.712. The van der Waals surface area contributed by atoms with Crippen LogP contribution in [-0.4, -0.2) is 37.0 Å². The lowest BCUT2D eigenvalue weighted by molar-refractivity contribution is -0.125. The molecule has 19 heavy (non-hydrogen) atoms. The van der Waals surface area contributed by atoms with Crippen LogP contribution in [0.1, 0.15) is 39.5 Å². The van der Waals surface area contributed by atoms with E-state index in [9.17, 15) is 9.59 Å². The Morgan fingerprint density at radius 2 is 2.21 bits per heavy atom. The topological polar surface area (TPSA) is 70.2 Å². The number of nitrogens with one attached hydrogen (secondary N) is 3. The molecule has 6 heteroatoms. The van der Waals surface area contributed by atoms with Crippen LogP contribution in [0.5, 0.6) is 0 Å². The summed E-state index contributed by atoms with van der Waals surface area (Å²) in [5.41, 5.74) is 0.213. The predicted molar refractivity (Wildman–Crippen MR) is 76.2 cm³/mol. The van der Waals surface area contributed by atoms with Gasteiger partial charge in [-0.3, -0.25) is 9.59 Å². The number of amides is 2. The molecule has 0 spiro atoms. The number of halogens is 1. The second kappa shape index (κ2) is 6.57. The number of piperidine rings is 1. The standard InChI is InChI=1S/C13H23N3O2.ClH/c1-13(2)6-3-7-14-10(13)8-15-12(18)9-4-5-11(17)16-9;/h9-10,14H,3-8H2,1-2H3,(H,15,18)(H,16,17);1H/t9-,10?;/m1./s1. The first-order valence-electron chi connectivity index (χ1n) is 6.79. The summed E-state index contributed by atoms with van der Waals surface area (Å²) in [6, 6.07) is -0.0171. The van der Waals surface area contributed by atoms with Crippen molar-refractivity contribution in [3.63, 3.8) is 0 Å². The van der Waals surface area contributed by atoms with Crippen LogP contribution in [-0.2, 0) is 9.59 Å². The molecule has 0 bridgehead atoms. The van der Waals surface area contributed by atoms with Crippen molar-refractivity contribution in [2.75, 3.05) is 13.1 Å². The van der Waals surface area contributed by atoms with Gasteiger partial charge in [0.05, 0.1) is 0 Å². The fourth-order valence-electron chi connectivity index (χ4n) is 2.76. The van der Waals surface area contributed by atoms with E-state index in [1.165, 1.54) is 12.8 Å². The van der Waals surface area contributed by atoms with Gasteiger partial charge in [-0.2, -0.15) is 0 Å². The van der Waals surface area contributed by atoms with E-state index in [2.05, 4.69) is 29.8 Å². The van der Waals surface area contributed by atoms with Gasteiger partial charge < -0.3 is 16.0 Å². The zero-order valence-electron chi connectivity index (χ0n) is 11.6. The molecule has 3 N–H and O–H groups in total. The third-order valence-electron chi connectivity index (χ3n) is 4.12. The van der Waals surface area contributed by atoms with Crippen LogP contribution in [0.4, 0.5) is 0 Å². The van der Waals surface area contributed by atoms with Crippen molar-refractivity contribution in [3.05, 3.63) is 0 Å². The summed E-state index contributed by atoms with van der Waals surface area (Å²) in [7, 11) is 0. The van der Waals surface area contributed by atoms with Crippen LogP contribution in [0.25, 0.3) is 0 Å². The molecule has 0 radical (unpaired) electrons. The van der Waals surface area contributed by atoms with E-state index in [1.807, 2.05) is 0 Å². The Bertz CT molecular complexity index is 347. The average molecular weight is 290 g/mol. The molecular weight excluding hydrogens is 266 g/mol. The number of carbonyl (C=O) groups excluding carboxylic acids is 2. The maximum Gasteiger partial charge on any atom is 0.242 e. The third kappa shape index (κ3) is 4.08. The van der Waals surface area contributed by atoms with Crippen molar-refractivity contribution in [3.8, 4) is 0 Å². The van der Waals surface area contributed by atoms with Crippen LogP contribution in [0, 0.1) is 5.41 Å². The summed E-state index contributed by atoms with van der Waals surface area (Å²) < 4.78 is 0. The number of carbonyl (C=O) groups is 2. The largest absolute Gasteiger partial charge is 0.353 e. The summed E-state index contributed by atoms with van der Waals surface area (Å²) in [6.07, 6.45) is 3.45. The fraction of sp³-hybridized carbons (Fsp3) is 0.846. The number of rotatable bonds is 3. The average Bonchev–Trinajstić information content (AvgIpc) is 2.73. The normalized spacial score (nSPS) is 29.3. The number of hydrogen-bond acceptors (Lipinski definition) is 3. The van der Waals surface area contributed by atoms with Crippen LogP contribution >= 0.6 is 12.4 Å².